The summed E-state index contributed by atoms with van der Waals surface area (Å²) in [5, 5.41) is 3.34. The number of aryl methyl sites for hydroxylation is 1. The van der Waals surface area contributed by atoms with Crippen LogP contribution in [0.15, 0.2) is 16.7 Å². The van der Waals surface area contributed by atoms with Crippen molar-refractivity contribution in [3.05, 3.63) is 23.7 Å². The summed E-state index contributed by atoms with van der Waals surface area (Å²) >= 11 is 0. The van der Waals surface area contributed by atoms with Crippen molar-refractivity contribution >= 4 is 0 Å². The SMILES string of the molecule is Cc1occc1CN(C)CC(C)C1CNC1. The molecule has 2 rings (SSSR count). The maximum absolute atomic E-state index is 5.31. The molecule has 1 atom stereocenters. The Morgan fingerprint density at radius 1 is 1.56 bits per heavy atom. The molecule has 1 N–H and O–H groups in total. The molecule has 0 saturated carbocycles. The van der Waals surface area contributed by atoms with Gasteiger partial charge in [-0.3, -0.25) is 0 Å². The molecule has 16 heavy (non-hydrogen) atoms. The molecule has 0 bridgehead atoms. The van der Waals surface area contributed by atoms with Crippen LogP contribution in [-0.2, 0) is 6.54 Å². The zero-order valence-corrected chi connectivity index (χ0v) is 10.5. The molecule has 90 valence electrons. The highest BCUT2D eigenvalue weighted by molar-refractivity contribution is 5.14. The number of furan rings is 1. The van der Waals surface area contributed by atoms with Gasteiger partial charge >= 0.3 is 0 Å². The van der Waals surface area contributed by atoms with Crippen LogP contribution in [0.25, 0.3) is 0 Å². The van der Waals surface area contributed by atoms with Crippen LogP contribution in [0.3, 0.4) is 0 Å². The van der Waals surface area contributed by atoms with E-state index in [2.05, 4.69) is 30.3 Å². The first-order valence-corrected chi connectivity index (χ1v) is 6.09. The standard InChI is InChI=1S/C13H22N2O/c1-10(13-6-14-7-13)8-15(3)9-12-4-5-16-11(12)2/h4-5,10,13-14H,6-9H2,1-3H3. The molecule has 1 saturated heterocycles. The average molecular weight is 222 g/mol. The Balaban J connectivity index is 1.79. The van der Waals surface area contributed by atoms with Gasteiger partial charge in [0.15, 0.2) is 0 Å². The Bertz CT molecular complexity index is 330. The number of nitrogens with one attached hydrogen (secondary N) is 1. The van der Waals surface area contributed by atoms with Gasteiger partial charge in [-0.25, -0.2) is 0 Å². The molecule has 0 radical (unpaired) electrons. The van der Waals surface area contributed by atoms with Gasteiger partial charge in [0.1, 0.15) is 5.76 Å². The summed E-state index contributed by atoms with van der Waals surface area (Å²) in [6.07, 6.45) is 1.78. The van der Waals surface area contributed by atoms with Crippen LogP contribution < -0.4 is 5.32 Å². The number of nitrogens with zero attached hydrogens (tertiary/aromatic N) is 1. The van der Waals surface area contributed by atoms with E-state index < -0.39 is 0 Å². The molecule has 1 fully saturated rings. The third-order valence-electron chi connectivity index (χ3n) is 3.62. The van der Waals surface area contributed by atoms with Gasteiger partial charge in [-0.2, -0.15) is 0 Å². The third kappa shape index (κ3) is 2.66. The Morgan fingerprint density at radius 2 is 2.31 bits per heavy atom. The van der Waals surface area contributed by atoms with E-state index in [9.17, 15) is 0 Å². The zero-order chi connectivity index (χ0) is 11.5. The minimum Gasteiger partial charge on any atom is -0.469 e. The van der Waals surface area contributed by atoms with E-state index in [0.717, 1.165) is 30.7 Å². The van der Waals surface area contributed by atoms with Crippen LogP contribution in [0.4, 0.5) is 0 Å². The Morgan fingerprint density at radius 3 is 2.81 bits per heavy atom. The Kier molecular flexibility index (Phi) is 3.66. The highest BCUT2D eigenvalue weighted by Crippen LogP contribution is 2.18. The van der Waals surface area contributed by atoms with E-state index in [1.54, 1.807) is 6.26 Å². The maximum Gasteiger partial charge on any atom is 0.105 e. The third-order valence-corrected chi connectivity index (χ3v) is 3.62. The summed E-state index contributed by atoms with van der Waals surface area (Å²) in [5.74, 6) is 2.69. The van der Waals surface area contributed by atoms with Crippen molar-refractivity contribution in [3.8, 4) is 0 Å². The van der Waals surface area contributed by atoms with Gasteiger partial charge in [0.25, 0.3) is 0 Å². The van der Waals surface area contributed by atoms with E-state index in [4.69, 9.17) is 4.42 Å². The number of hydrogen-bond donors (Lipinski definition) is 1. The summed E-state index contributed by atoms with van der Waals surface area (Å²) in [6, 6.07) is 2.07. The fraction of sp³-hybridized carbons (Fsp3) is 0.692. The molecule has 3 nitrogen and oxygen atoms in total. The van der Waals surface area contributed by atoms with E-state index >= 15 is 0 Å². The quantitative estimate of drug-likeness (QED) is 0.824. The smallest absolute Gasteiger partial charge is 0.105 e. The van der Waals surface area contributed by atoms with Gasteiger partial charge in [0.05, 0.1) is 6.26 Å². The lowest BCUT2D eigenvalue weighted by Gasteiger charge is -2.34. The van der Waals surface area contributed by atoms with Crippen molar-refractivity contribution in [1.29, 1.82) is 0 Å². The van der Waals surface area contributed by atoms with E-state index in [1.807, 2.05) is 6.92 Å². The van der Waals surface area contributed by atoms with Crippen molar-refractivity contribution in [2.24, 2.45) is 11.8 Å². The number of hydrogen-bond acceptors (Lipinski definition) is 3. The number of rotatable bonds is 5. The summed E-state index contributed by atoms with van der Waals surface area (Å²) in [6.45, 7) is 8.93. The minimum atomic E-state index is 0.776. The second-order valence-electron chi connectivity index (χ2n) is 5.09. The fourth-order valence-corrected chi connectivity index (χ4v) is 2.28. The van der Waals surface area contributed by atoms with Crippen LogP contribution in [0.2, 0.25) is 0 Å². The van der Waals surface area contributed by atoms with Gasteiger partial charge in [-0.05, 0) is 45.0 Å². The zero-order valence-electron chi connectivity index (χ0n) is 10.5. The fourth-order valence-electron chi connectivity index (χ4n) is 2.28. The maximum atomic E-state index is 5.31. The van der Waals surface area contributed by atoms with Crippen molar-refractivity contribution in [2.75, 3.05) is 26.7 Å². The van der Waals surface area contributed by atoms with Gasteiger partial charge in [-0.1, -0.05) is 6.92 Å². The summed E-state index contributed by atoms with van der Waals surface area (Å²) in [5.41, 5.74) is 1.31. The molecule has 1 aliphatic rings. The minimum absolute atomic E-state index is 0.776. The van der Waals surface area contributed by atoms with Gasteiger partial charge < -0.3 is 14.6 Å². The topological polar surface area (TPSA) is 28.4 Å². The molecular weight excluding hydrogens is 200 g/mol. The molecule has 0 amide bonds. The highest BCUT2D eigenvalue weighted by Gasteiger charge is 2.24. The first-order chi connectivity index (χ1) is 7.66. The van der Waals surface area contributed by atoms with Gasteiger partial charge in [-0.15, -0.1) is 0 Å². The highest BCUT2D eigenvalue weighted by atomic mass is 16.3. The molecule has 0 spiro atoms. The van der Waals surface area contributed by atoms with Crippen LogP contribution in [-0.4, -0.2) is 31.6 Å². The van der Waals surface area contributed by atoms with Crippen LogP contribution in [0, 0.1) is 18.8 Å². The van der Waals surface area contributed by atoms with Crippen molar-refractivity contribution < 1.29 is 4.42 Å². The predicted octanol–water partition coefficient (Wildman–Crippen LogP) is 1.88. The van der Waals surface area contributed by atoms with Crippen molar-refractivity contribution in [3.63, 3.8) is 0 Å². The normalized spacial score (nSPS) is 18.8. The second-order valence-corrected chi connectivity index (χ2v) is 5.09. The van der Waals surface area contributed by atoms with Crippen molar-refractivity contribution in [2.45, 2.75) is 20.4 Å². The summed E-state index contributed by atoms with van der Waals surface area (Å²) < 4.78 is 5.31. The van der Waals surface area contributed by atoms with Crippen LogP contribution in [0.1, 0.15) is 18.2 Å². The molecule has 2 heterocycles. The monoisotopic (exact) mass is 222 g/mol. The molecular formula is C13H22N2O. The summed E-state index contributed by atoms with van der Waals surface area (Å²) in [7, 11) is 2.19. The lowest BCUT2D eigenvalue weighted by molar-refractivity contribution is 0.182. The molecule has 1 aromatic heterocycles. The molecule has 0 aliphatic carbocycles. The predicted molar refractivity (Wildman–Crippen MR) is 65.3 cm³/mol. The van der Waals surface area contributed by atoms with Crippen molar-refractivity contribution in [1.82, 2.24) is 10.2 Å². The van der Waals surface area contributed by atoms with Gasteiger partial charge in [0.2, 0.25) is 0 Å². The lowest BCUT2D eigenvalue weighted by Crippen LogP contribution is -2.47. The Labute approximate surface area is 97.8 Å². The van der Waals surface area contributed by atoms with Crippen LogP contribution in [0.5, 0.6) is 0 Å². The molecule has 1 aliphatic heterocycles. The van der Waals surface area contributed by atoms with Gasteiger partial charge in [0, 0.05) is 18.7 Å². The molecule has 3 heteroatoms. The second kappa shape index (κ2) is 5.02. The van der Waals surface area contributed by atoms with Crippen LogP contribution >= 0.6 is 0 Å². The van der Waals surface area contributed by atoms with E-state index in [1.165, 1.54) is 18.7 Å². The summed E-state index contributed by atoms with van der Waals surface area (Å²) in [4.78, 5) is 2.39. The average Bonchev–Trinajstić information content (AvgIpc) is 2.48. The molecule has 0 aromatic carbocycles. The van der Waals surface area contributed by atoms with E-state index in [0.29, 0.717) is 0 Å². The first kappa shape index (κ1) is 11.7. The molecule has 1 unspecified atom stereocenters. The Hall–Kier alpha value is -0.800. The largest absolute Gasteiger partial charge is 0.469 e. The first-order valence-electron chi connectivity index (χ1n) is 6.09. The molecule has 1 aromatic rings. The van der Waals surface area contributed by atoms with E-state index in [-0.39, 0.29) is 0 Å². The lowest BCUT2D eigenvalue weighted by atomic mass is 9.88.